The smallest absolute Gasteiger partial charge is 0.410 e. The molecular formula is C23H24FN3O4S. The van der Waals surface area contributed by atoms with Crippen LogP contribution in [0.25, 0.3) is 10.8 Å². The zero-order chi connectivity index (χ0) is 22.7. The van der Waals surface area contributed by atoms with E-state index in [0.717, 1.165) is 11.8 Å². The first kappa shape index (κ1) is 22.2. The maximum atomic E-state index is 14.5. The van der Waals surface area contributed by atoms with Crippen molar-refractivity contribution in [3.63, 3.8) is 0 Å². The molecule has 0 spiro atoms. The van der Waals surface area contributed by atoms with Crippen LogP contribution in [0, 0.1) is 5.82 Å². The van der Waals surface area contributed by atoms with Gasteiger partial charge in [0.2, 0.25) is 10.0 Å². The molecule has 1 aromatic heterocycles. The summed E-state index contributed by atoms with van der Waals surface area (Å²) in [5.74, 6) is -0.685. The highest BCUT2D eigenvalue weighted by molar-refractivity contribution is 7.89. The van der Waals surface area contributed by atoms with Crippen molar-refractivity contribution in [2.75, 3.05) is 19.6 Å². The van der Waals surface area contributed by atoms with Crippen LogP contribution >= 0.6 is 0 Å². The van der Waals surface area contributed by atoms with Crippen molar-refractivity contribution in [1.29, 1.82) is 0 Å². The molecule has 0 aliphatic carbocycles. The lowest BCUT2D eigenvalue weighted by Crippen LogP contribution is -2.40. The van der Waals surface area contributed by atoms with Gasteiger partial charge in [-0.3, -0.25) is 4.98 Å². The topological polar surface area (TPSA) is 79.8 Å². The molecule has 3 aromatic rings. The van der Waals surface area contributed by atoms with Gasteiger partial charge in [0.05, 0.1) is 11.1 Å². The van der Waals surface area contributed by atoms with E-state index in [1.165, 1.54) is 21.5 Å². The fourth-order valence-electron chi connectivity index (χ4n) is 3.89. The van der Waals surface area contributed by atoms with Gasteiger partial charge in [-0.25, -0.2) is 17.6 Å². The number of pyridine rings is 1. The first-order chi connectivity index (χ1) is 15.4. The average molecular weight is 458 g/mol. The monoisotopic (exact) mass is 457 g/mol. The van der Waals surface area contributed by atoms with Crippen molar-refractivity contribution in [3.8, 4) is 0 Å². The van der Waals surface area contributed by atoms with Gasteiger partial charge in [0.1, 0.15) is 6.61 Å². The Balaban J connectivity index is 1.52. The molecule has 0 saturated carbocycles. The lowest BCUT2D eigenvalue weighted by molar-refractivity contribution is 0.0979. The molecule has 1 atom stereocenters. The Labute approximate surface area is 186 Å². The van der Waals surface area contributed by atoms with E-state index in [9.17, 15) is 17.6 Å². The lowest BCUT2D eigenvalue weighted by Gasteiger charge is -2.26. The molecule has 1 fully saturated rings. The van der Waals surface area contributed by atoms with Gasteiger partial charge in [0.15, 0.2) is 5.82 Å². The highest BCUT2D eigenvalue weighted by atomic mass is 32.2. The summed E-state index contributed by atoms with van der Waals surface area (Å²) in [4.78, 5) is 17.8. The Morgan fingerprint density at radius 2 is 1.88 bits per heavy atom. The predicted molar refractivity (Wildman–Crippen MR) is 118 cm³/mol. The first-order valence-corrected chi connectivity index (χ1v) is 11.8. The van der Waals surface area contributed by atoms with Gasteiger partial charge in [-0.05, 0) is 25.0 Å². The van der Waals surface area contributed by atoms with Gasteiger partial charge in [-0.1, -0.05) is 42.5 Å². The zero-order valence-corrected chi connectivity index (χ0v) is 18.5. The van der Waals surface area contributed by atoms with Gasteiger partial charge < -0.3 is 9.64 Å². The van der Waals surface area contributed by atoms with Gasteiger partial charge in [0.25, 0.3) is 0 Å². The van der Waals surface area contributed by atoms with Crippen LogP contribution < -0.4 is 0 Å². The van der Waals surface area contributed by atoms with E-state index in [0.29, 0.717) is 18.4 Å². The number of halogens is 1. The van der Waals surface area contributed by atoms with Crippen LogP contribution in [0.1, 0.15) is 18.9 Å². The van der Waals surface area contributed by atoms with Crippen molar-refractivity contribution in [2.45, 2.75) is 30.9 Å². The standard InChI is InChI=1S/C23H24FN3O4S/c1-17-10-11-26(23(28)31-16-18-6-3-2-4-7-18)12-13-27(17)32(29,30)21-9-5-8-19-14-25-15-20(24)22(19)21/h2-9,14-15,17H,10-13,16H2,1H3. The second kappa shape index (κ2) is 9.22. The van der Waals surface area contributed by atoms with Crippen LogP contribution in [0.3, 0.4) is 0 Å². The molecule has 1 aliphatic heterocycles. The van der Waals surface area contributed by atoms with Crippen LogP contribution in [-0.2, 0) is 21.4 Å². The second-order valence-corrected chi connectivity index (χ2v) is 9.62. The maximum absolute atomic E-state index is 14.5. The van der Waals surface area contributed by atoms with Gasteiger partial charge in [-0.15, -0.1) is 0 Å². The average Bonchev–Trinajstić information content (AvgIpc) is 3.00. The minimum atomic E-state index is -4.00. The number of amides is 1. The Morgan fingerprint density at radius 1 is 1.09 bits per heavy atom. The van der Waals surface area contributed by atoms with E-state index >= 15 is 0 Å². The van der Waals surface area contributed by atoms with Gasteiger partial charge in [0, 0.05) is 42.6 Å². The van der Waals surface area contributed by atoms with Crippen LogP contribution in [0.4, 0.5) is 9.18 Å². The highest BCUT2D eigenvalue weighted by Gasteiger charge is 2.34. The number of carbonyl (C=O) groups is 1. The summed E-state index contributed by atoms with van der Waals surface area (Å²) >= 11 is 0. The molecule has 7 nitrogen and oxygen atoms in total. The van der Waals surface area contributed by atoms with E-state index in [2.05, 4.69) is 4.98 Å². The van der Waals surface area contributed by atoms with E-state index in [4.69, 9.17) is 4.74 Å². The quantitative estimate of drug-likeness (QED) is 0.596. The predicted octanol–water partition coefficient (Wildman–Crippen LogP) is 3.80. The molecule has 1 saturated heterocycles. The Hall–Kier alpha value is -3.04. The number of nitrogens with zero attached hydrogens (tertiary/aromatic N) is 3. The number of benzene rings is 2. The zero-order valence-electron chi connectivity index (χ0n) is 17.6. The van der Waals surface area contributed by atoms with Crippen molar-refractivity contribution >= 4 is 26.9 Å². The molecule has 2 heterocycles. The second-order valence-electron chi connectivity index (χ2n) is 7.76. The number of carbonyl (C=O) groups excluding carboxylic acids is 1. The minimum absolute atomic E-state index is 0.0260. The third kappa shape index (κ3) is 4.44. The Kier molecular flexibility index (Phi) is 6.38. The molecule has 1 aliphatic rings. The molecule has 0 radical (unpaired) electrons. The molecule has 0 N–H and O–H groups in total. The Morgan fingerprint density at radius 3 is 2.66 bits per heavy atom. The van der Waals surface area contributed by atoms with Gasteiger partial charge >= 0.3 is 6.09 Å². The van der Waals surface area contributed by atoms with Crippen molar-refractivity contribution in [3.05, 3.63) is 72.3 Å². The maximum Gasteiger partial charge on any atom is 0.410 e. The van der Waals surface area contributed by atoms with Crippen LogP contribution in [-0.4, -0.2) is 54.4 Å². The van der Waals surface area contributed by atoms with E-state index in [-0.39, 0.29) is 36.0 Å². The summed E-state index contributed by atoms with van der Waals surface area (Å²) in [6.07, 6.45) is 2.41. The number of hydrogen-bond acceptors (Lipinski definition) is 5. The summed E-state index contributed by atoms with van der Waals surface area (Å²) in [7, 11) is -4.00. The van der Waals surface area contributed by atoms with Gasteiger partial charge in [-0.2, -0.15) is 4.31 Å². The number of ether oxygens (including phenoxy) is 1. The largest absolute Gasteiger partial charge is 0.445 e. The van der Waals surface area contributed by atoms with Crippen molar-refractivity contribution < 1.29 is 22.3 Å². The summed E-state index contributed by atoms with van der Waals surface area (Å²) in [5.41, 5.74) is 0.876. The summed E-state index contributed by atoms with van der Waals surface area (Å²) in [5, 5.41) is 0.442. The van der Waals surface area contributed by atoms with Crippen LogP contribution in [0.15, 0.2) is 65.8 Å². The number of aromatic nitrogens is 1. The lowest BCUT2D eigenvalue weighted by atomic mass is 10.2. The normalized spacial score (nSPS) is 17.8. The third-order valence-corrected chi connectivity index (χ3v) is 7.70. The molecule has 1 amide bonds. The molecule has 9 heteroatoms. The van der Waals surface area contributed by atoms with E-state index < -0.39 is 21.9 Å². The fraction of sp³-hybridized carbons (Fsp3) is 0.304. The molecule has 1 unspecified atom stereocenters. The minimum Gasteiger partial charge on any atom is -0.445 e. The van der Waals surface area contributed by atoms with E-state index in [1.807, 2.05) is 30.3 Å². The third-order valence-electron chi connectivity index (χ3n) is 5.65. The number of hydrogen-bond donors (Lipinski definition) is 0. The molecule has 0 bridgehead atoms. The highest BCUT2D eigenvalue weighted by Crippen LogP contribution is 2.29. The van der Waals surface area contributed by atoms with Crippen molar-refractivity contribution in [2.24, 2.45) is 0 Å². The Bertz CT molecular complexity index is 1220. The molecule has 2 aromatic carbocycles. The molecule has 4 rings (SSSR count). The SMILES string of the molecule is CC1CCN(C(=O)OCc2ccccc2)CCN1S(=O)(=O)c1cccc2cncc(F)c12. The number of fused-ring (bicyclic) bond motifs is 1. The van der Waals surface area contributed by atoms with E-state index in [1.54, 1.807) is 19.1 Å². The van der Waals surface area contributed by atoms with Crippen molar-refractivity contribution in [1.82, 2.24) is 14.2 Å². The molecular weight excluding hydrogens is 433 g/mol. The van der Waals surface area contributed by atoms with Crippen LogP contribution in [0.2, 0.25) is 0 Å². The number of sulfonamides is 1. The molecule has 32 heavy (non-hydrogen) atoms. The fourth-order valence-corrected chi connectivity index (χ4v) is 5.77. The number of rotatable bonds is 4. The summed E-state index contributed by atoms with van der Waals surface area (Å²) < 4.78 is 48.3. The van der Waals surface area contributed by atoms with Crippen LogP contribution in [0.5, 0.6) is 0 Å². The first-order valence-electron chi connectivity index (χ1n) is 10.4. The summed E-state index contributed by atoms with van der Waals surface area (Å²) in [6, 6.07) is 13.6. The summed E-state index contributed by atoms with van der Waals surface area (Å²) in [6.45, 7) is 2.59. The molecule has 168 valence electrons.